The largest absolute Gasteiger partial charge is 0.489 e. The Labute approximate surface area is 178 Å². The lowest BCUT2D eigenvalue weighted by molar-refractivity contribution is -0.0515. The summed E-state index contributed by atoms with van der Waals surface area (Å²) in [6.07, 6.45) is 2.96. The average Bonchev–Trinajstić information content (AvgIpc) is 3.54. The summed E-state index contributed by atoms with van der Waals surface area (Å²) in [7, 11) is 0. The van der Waals surface area contributed by atoms with Crippen molar-refractivity contribution in [3.8, 4) is 23.0 Å². The van der Waals surface area contributed by atoms with Gasteiger partial charge in [0.15, 0.2) is 23.0 Å². The van der Waals surface area contributed by atoms with Crippen LogP contribution in [0.15, 0.2) is 22.6 Å². The topological polar surface area (TPSA) is 103 Å². The summed E-state index contributed by atoms with van der Waals surface area (Å²) >= 11 is 0. The van der Waals surface area contributed by atoms with Crippen LogP contribution in [0.3, 0.4) is 0 Å². The summed E-state index contributed by atoms with van der Waals surface area (Å²) < 4.78 is 41.6. The third-order valence-corrected chi connectivity index (χ3v) is 5.29. The molecule has 0 unspecified atom stereocenters. The van der Waals surface area contributed by atoms with Gasteiger partial charge in [0.05, 0.1) is 13.2 Å². The molecule has 8 nitrogen and oxygen atoms in total. The van der Waals surface area contributed by atoms with Gasteiger partial charge in [0.1, 0.15) is 0 Å². The molecule has 2 fully saturated rings. The van der Waals surface area contributed by atoms with E-state index < -0.39 is 6.61 Å². The lowest BCUT2D eigenvalue weighted by atomic mass is 10.2. The molecule has 1 aliphatic carbocycles. The number of nitrogens with zero attached hydrogens (tertiary/aromatic N) is 2. The van der Waals surface area contributed by atoms with Gasteiger partial charge >= 0.3 is 6.61 Å². The van der Waals surface area contributed by atoms with E-state index in [0.29, 0.717) is 37.7 Å². The van der Waals surface area contributed by atoms with Gasteiger partial charge in [0, 0.05) is 25.2 Å². The molecule has 0 atom stereocenters. The van der Waals surface area contributed by atoms with E-state index in [1.807, 2.05) is 0 Å². The fraction of sp³-hybridized carbons (Fsp3) is 0.524. The molecule has 4 rings (SSSR count). The van der Waals surface area contributed by atoms with E-state index in [-0.39, 0.29) is 41.3 Å². The van der Waals surface area contributed by atoms with Crippen LogP contribution in [0, 0.1) is 5.92 Å². The van der Waals surface area contributed by atoms with Crippen LogP contribution in [0.5, 0.6) is 11.5 Å². The van der Waals surface area contributed by atoms with Crippen molar-refractivity contribution in [1.82, 2.24) is 15.2 Å². The molecule has 31 heavy (non-hydrogen) atoms. The Morgan fingerprint density at radius 1 is 1.29 bits per heavy atom. The summed E-state index contributed by atoms with van der Waals surface area (Å²) in [4.78, 5) is 19.1. The third kappa shape index (κ3) is 5.31. The fourth-order valence-corrected chi connectivity index (χ4v) is 3.42. The highest BCUT2D eigenvalue weighted by Crippen LogP contribution is 2.36. The van der Waals surface area contributed by atoms with E-state index >= 15 is 0 Å². The number of carbonyl (C=O) groups excluding carboxylic acids is 1. The van der Waals surface area contributed by atoms with Gasteiger partial charge in [-0.3, -0.25) is 4.79 Å². The minimum atomic E-state index is -2.97. The number of aromatic nitrogens is 1. The number of alkyl halides is 2. The van der Waals surface area contributed by atoms with Gasteiger partial charge in [-0.25, -0.2) is 4.98 Å². The molecule has 0 spiro atoms. The van der Waals surface area contributed by atoms with E-state index in [2.05, 4.69) is 15.0 Å². The van der Waals surface area contributed by atoms with Crippen molar-refractivity contribution in [1.29, 1.82) is 0 Å². The first kappa shape index (κ1) is 21.5. The van der Waals surface area contributed by atoms with Crippen molar-refractivity contribution in [2.75, 3.05) is 32.8 Å². The molecule has 3 N–H and O–H groups in total. The number of nitrogens with one attached hydrogen (secondary N) is 1. The minimum Gasteiger partial charge on any atom is -0.489 e. The highest BCUT2D eigenvalue weighted by molar-refractivity contribution is 5.94. The van der Waals surface area contributed by atoms with Crippen LogP contribution in [-0.4, -0.2) is 55.2 Å². The van der Waals surface area contributed by atoms with Crippen LogP contribution >= 0.6 is 0 Å². The molecule has 10 heteroatoms. The van der Waals surface area contributed by atoms with Crippen molar-refractivity contribution in [2.45, 2.75) is 32.4 Å². The second-order valence-corrected chi connectivity index (χ2v) is 7.69. The zero-order valence-electron chi connectivity index (χ0n) is 17.1. The van der Waals surface area contributed by atoms with Crippen LogP contribution in [0.25, 0.3) is 11.5 Å². The Morgan fingerprint density at radius 3 is 2.87 bits per heavy atom. The van der Waals surface area contributed by atoms with Gasteiger partial charge in [0.25, 0.3) is 5.91 Å². The molecule has 1 saturated heterocycles. The van der Waals surface area contributed by atoms with E-state index in [4.69, 9.17) is 14.9 Å². The second-order valence-electron chi connectivity index (χ2n) is 7.69. The lowest BCUT2D eigenvalue weighted by Crippen LogP contribution is -2.35. The highest BCUT2D eigenvalue weighted by Gasteiger charge is 2.27. The molecule has 1 aromatic heterocycles. The number of hydrogen-bond donors (Lipinski definition) is 2. The fourth-order valence-electron chi connectivity index (χ4n) is 3.42. The first-order valence-electron chi connectivity index (χ1n) is 10.5. The maximum atomic E-state index is 13.0. The summed E-state index contributed by atoms with van der Waals surface area (Å²) in [5.41, 5.74) is 6.45. The number of ether oxygens (including phenoxy) is 2. The molecule has 2 aliphatic rings. The maximum absolute atomic E-state index is 13.0. The van der Waals surface area contributed by atoms with Crippen LogP contribution in [-0.2, 0) is 6.54 Å². The number of rotatable bonds is 8. The van der Waals surface area contributed by atoms with Crippen LogP contribution < -0.4 is 20.5 Å². The Kier molecular flexibility index (Phi) is 6.67. The smallest absolute Gasteiger partial charge is 0.387 e. The van der Waals surface area contributed by atoms with Gasteiger partial charge in [-0.2, -0.15) is 8.78 Å². The van der Waals surface area contributed by atoms with Crippen LogP contribution in [0.2, 0.25) is 0 Å². The zero-order chi connectivity index (χ0) is 21.8. The lowest BCUT2D eigenvalue weighted by Gasteiger charge is -2.18. The third-order valence-electron chi connectivity index (χ3n) is 5.29. The molecule has 2 heterocycles. The highest BCUT2D eigenvalue weighted by atomic mass is 19.3. The Morgan fingerprint density at radius 2 is 2.13 bits per heavy atom. The molecular formula is C21H26F2N4O4. The molecule has 1 aliphatic heterocycles. The van der Waals surface area contributed by atoms with E-state index in [9.17, 15) is 13.6 Å². The molecule has 1 amide bonds. The zero-order valence-corrected chi connectivity index (χ0v) is 17.1. The normalized spacial score (nSPS) is 17.0. The molecular weight excluding hydrogens is 410 g/mol. The van der Waals surface area contributed by atoms with Gasteiger partial charge in [0.2, 0.25) is 5.89 Å². The number of hydrogen-bond acceptors (Lipinski definition) is 7. The van der Waals surface area contributed by atoms with Crippen molar-refractivity contribution in [2.24, 2.45) is 11.7 Å². The molecule has 2 aromatic rings. The van der Waals surface area contributed by atoms with E-state index in [1.165, 1.54) is 18.2 Å². The molecule has 0 bridgehead atoms. The number of carbonyl (C=O) groups is 1. The van der Waals surface area contributed by atoms with Gasteiger partial charge in [-0.15, -0.1) is 0 Å². The SMILES string of the molecule is NCc1oc(-c2ccc(OC(F)F)c(OCC3CC3)c2)nc1C(=O)N1CCCNCC1. The van der Waals surface area contributed by atoms with Crippen molar-refractivity contribution in [3.05, 3.63) is 29.7 Å². The molecule has 1 aromatic carbocycles. The van der Waals surface area contributed by atoms with Crippen LogP contribution in [0.1, 0.15) is 35.5 Å². The Bertz CT molecular complexity index is 909. The first-order valence-corrected chi connectivity index (χ1v) is 10.5. The average molecular weight is 436 g/mol. The summed E-state index contributed by atoms with van der Waals surface area (Å²) in [6, 6.07) is 4.46. The number of halogens is 2. The Hall–Kier alpha value is -2.72. The van der Waals surface area contributed by atoms with Crippen molar-refractivity contribution >= 4 is 5.91 Å². The Balaban J connectivity index is 1.60. The molecule has 0 radical (unpaired) electrons. The van der Waals surface area contributed by atoms with Gasteiger partial charge in [-0.05, 0) is 49.9 Å². The number of nitrogens with two attached hydrogens (primary N) is 1. The van der Waals surface area contributed by atoms with Crippen molar-refractivity contribution < 1.29 is 27.5 Å². The monoisotopic (exact) mass is 436 g/mol. The summed E-state index contributed by atoms with van der Waals surface area (Å²) in [5.74, 6) is 0.784. The predicted molar refractivity (Wildman–Crippen MR) is 108 cm³/mol. The van der Waals surface area contributed by atoms with Crippen molar-refractivity contribution in [3.63, 3.8) is 0 Å². The van der Waals surface area contributed by atoms with Gasteiger partial charge in [-0.1, -0.05) is 0 Å². The predicted octanol–water partition coefficient (Wildman–Crippen LogP) is 2.63. The minimum absolute atomic E-state index is 0.0117. The summed E-state index contributed by atoms with van der Waals surface area (Å²) in [6.45, 7) is 0.233. The van der Waals surface area contributed by atoms with E-state index in [0.717, 1.165) is 25.8 Å². The number of amides is 1. The quantitative estimate of drug-likeness (QED) is 0.656. The first-order chi connectivity index (χ1) is 15.0. The van der Waals surface area contributed by atoms with Gasteiger partial charge < -0.3 is 29.8 Å². The maximum Gasteiger partial charge on any atom is 0.387 e. The number of oxazole rings is 1. The standard InChI is InChI=1S/C21H26F2N4O4/c22-21(23)31-15-5-4-14(10-16(15)29-12-13-2-3-13)19-26-18(17(11-24)30-19)20(28)27-8-1-6-25-7-9-27/h4-5,10,13,21,25H,1-3,6-9,11-12,24H2. The number of benzene rings is 1. The summed E-state index contributed by atoms with van der Waals surface area (Å²) in [5, 5.41) is 3.25. The van der Waals surface area contributed by atoms with E-state index in [1.54, 1.807) is 4.90 Å². The molecule has 168 valence electrons. The second kappa shape index (κ2) is 9.61. The van der Waals surface area contributed by atoms with Crippen LogP contribution in [0.4, 0.5) is 8.78 Å². The molecule has 1 saturated carbocycles.